The number of carboxylic acid groups (broad SMARTS) is 1. The van der Waals surface area contributed by atoms with Crippen LogP contribution in [0.1, 0.15) is 12.0 Å². The first kappa shape index (κ1) is 17.4. The van der Waals surface area contributed by atoms with E-state index in [0.717, 1.165) is 0 Å². The molecule has 0 heterocycles. The summed E-state index contributed by atoms with van der Waals surface area (Å²) in [5.74, 6) is -2.96. The van der Waals surface area contributed by atoms with Gasteiger partial charge in [0.25, 0.3) is 0 Å². The zero-order valence-electron chi connectivity index (χ0n) is 12.4. The number of carbonyl (C=O) groups is 2. The number of rotatable bonds is 7. The summed E-state index contributed by atoms with van der Waals surface area (Å²) in [6.45, 7) is -0.159. The highest BCUT2D eigenvalue weighted by Gasteiger charge is 2.20. The number of hydrogen-bond donors (Lipinski definition) is 1. The molecule has 0 saturated heterocycles. The fraction of sp³-hybridized carbons (Fsp3) is 0.400. The van der Waals surface area contributed by atoms with Crippen LogP contribution in [-0.4, -0.2) is 42.6 Å². The summed E-state index contributed by atoms with van der Waals surface area (Å²) in [5, 5.41) is 17.6. The molecule has 1 unspecified atom stereocenters. The Labute approximate surface area is 127 Å². The van der Waals surface area contributed by atoms with E-state index < -0.39 is 17.7 Å². The van der Waals surface area contributed by atoms with Crippen LogP contribution in [-0.2, 0) is 16.0 Å². The van der Waals surface area contributed by atoms with Gasteiger partial charge >= 0.3 is 5.97 Å². The molecule has 1 aromatic rings. The molecule has 0 spiro atoms. The normalized spacial score (nSPS) is 11.4. The Morgan fingerprint density at radius 1 is 1.45 bits per heavy atom. The molecule has 1 N–H and O–H groups in total. The molecule has 1 aromatic carbocycles. The van der Waals surface area contributed by atoms with Crippen LogP contribution in [0.4, 0.5) is 4.39 Å². The summed E-state index contributed by atoms with van der Waals surface area (Å²) in [6.07, 6.45) is -0.118. The topological polar surface area (TPSA) is 90.6 Å². The monoisotopic (exact) mass is 308 g/mol. The number of amides is 1. The van der Waals surface area contributed by atoms with Gasteiger partial charge in [-0.2, -0.15) is 5.26 Å². The molecule has 0 aromatic heterocycles. The van der Waals surface area contributed by atoms with Gasteiger partial charge in [0.2, 0.25) is 5.91 Å². The Bertz CT molecular complexity index is 596. The highest BCUT2D eigenvalue weighted by molar-refractivity contribution is 5.81. The van der Waals surface area contributed by atoms with E-state index >= 15 is 0 Å². The Morgan fingerprint density at radius 3 is 2.68 bits per heavy atom. The number of carbonyl (C=O) groups excluding carboxylic acids is 1. The molecule has 0 saturated carbocycles. The van der Waals surface area contributed by atoms with E-state index in [1.54, 1.807) is 14.1 Å². The second-order valence-corrected chi connectivity index (χ2v) is 4.88. The third-order valence-corrected chi connectivity index (χ3v) is 2.90. The SMILES string of the molecule is CN(C)C(=O)C(C#N)Cc1ccc(F)c(OCCC(=O)O)c1. The lowest BCUT2D eigenvalue weighted by Gasteiger charge is -2.15. The van der Waals surface area contributed by atoms with Gasteiger partial charge in [-0.25, -0.2) is 4.39 Å². The largest absolute Gasteiger partial charge is 0.490 e. The van der Waals surface area contributed by atoms with Crippen molar-refractivity contribution in [2.75, 3.05) is 20.7 Å². The number of carboxylic acids is 1. The predicted molar refractivity (Wildman–Crippen MR) is 75.6 cm³/mol. The number of halogens is 1. The summed E-state index contributed by atoms with van der Waals surface area (Å²) >= 11 is 0. The van der Waals surface area contributed by atoms with Crippen LogP contribution in [0.15, 0.2) is 18.2 Å². The van der Waals surface area contributed by atoms with E-state index in [2.05, 4.69) is 0 Å². The van der Waals surface area contributed by atoms with Crippen LogP contribution in [0.3, 0.4) is 0 Å². The molecule has 118 valence electrons. The van der Waals surface area contributed by atoms with Crippen LogP contribution in [0, 0.1) is 23.1 Å². The van der Waals surface area contributed by atoms with Gasteiger partial charge in [-0.05, 0) is 24.1 Å². The smallest absolute Gasteiger partial charge is 0.306 e. The lowest BCUT2D eigenvalue weighted by molar-refractivity contribution is -0.137. The second-order valence-electron chi connectivity index (χ2n) is 4.88. The minimum atomic E-state index is -1.04. The number of hydrogen-bond acceptors (Lipinski definition) is 4. The molecule has 7 heteroatoms. The maximum Gasteiger partial charge on any atom is 0.306 e. The quantitative estimate of drug-likeness (QED) is 0.823. The van der Waals surface area contributed by atoms with Crippen molar-refractivity contribution in [2.24, 2.45) is 5.92 Å². The van der Waals surface area contributed by atoms with Crippen molar-refractivity contribution in [3.8, 4) is 11.8 Å². The molecular formula is C15H17FN2O4. The standard InChI is InChI=1S/C15H17FN2O4/c1-18(2)15(21)11(9-17)7-10-3-4-12(16)13(8-10)22-6-5-14(19)20/h3-4,8,11H,5-7H2,1-2H3,(H,19,20). The number of benzene rings is 1. The molecule has 1 amide bonds. The maximum absolute atomic E-state index is 13.6. The van der Waals surface area contributed by atoms with Crippen LogP contribution in [0.5, 0.6) is 5.75 Å². The van der Waals surface area contributed by atoms with Gasteiger partial charge < -0.3 is 14.7 Å². The summed E-state index contributed by atoms with van der Waals surface area (Å²) < 4.78 is 18.7. The summed E-state index contributed by atoms with van der Waals surface area (Å²) in [6, 6.07) is 5.93. The van der Waals surface area contributed by atoms with Gasteiger partial charge in [-0.1, -0.05) is 6.07 Å². The minimum Gasteiger partial charge on any atom is -0.490 e. The van der Waals surface area contributed by atoms with Crippen molar-refractivity contribution in [3.63, 3.8) is 0 Å². The molecule has 0 aliphatic carbocycles. The van der Waals surface area contributed by atoms with Crippen LogP contribution in [0.25, 0.3) is 0 Å². The van der Waals surface area contributed by atoms with E-state index in [0.29, 0.717) is 5.56 Å². The Morgan fingerprint density at radius 2 is 2.14 bits per heavy atom. The molecule has 0 aliphatic heterocycles. The van der Waals surface area contributed by atoms with Crippen LogP contribution >= 0.6 is 0 Å². The molecule has 0 radical (unpaired) electrons. The average molecular weight is 308 g/mol. The van der Waals surface area contributed by atoms with Crippen molar-refractivity contribution in [2.45, 2.75) is 12.8 Å². The van der Waals surface area contributed by atoms with Crippen molar-refractivity contribution >= 4 is 11.9 Å². The fourth-order valence-corrected chi connectivity index (χ4v) is 1.77. The predicted octanol–water partition coefficient (Wildman–Crippen LogP) is 1.45. The van der Waals surface area contributed by atoms with E-state index in [1.165, 1.54) is 23.1 Å². The second kappa shape index (κ2) is 7.98. The van der Waals surface area contributed by atoms with Gasteiger partial charge in [0, 0.05) is 14.1 Å². The Kier molecular flexibility index (Phi) is 6.32. The minimum absolute atomic E-state index is 0.0901. The zero-order chi connectivity index (χ0) is 16.7. The first-order valence-electron chi connectivity index (χ1n) is 6.59. The first-order chi connectivity index (χ1) is 10.3. The van der Waals surface area contributed by atoms with Gasteiger partial charge in [0.05, 0.1) is 19.1 Å². The first-order valence-corrected chi connectivity index (χ1v) is 6.59. The van der Waals surface area contributed by atoms with Crippen molar-refractivity contribution < 1.29 is 23.8 Å². The van der Waals surface area contributed by atoms with Gasteiger partial charge in [-0.3, -0.25) is 9.59 Å². The molecule has 22 heavy (non-hydrogen) atoms. The fourth-order valence-electron chi connectivity index (χ4n) is 1.77. The van der Waals surface area contributed by atoms with Gasteiger partial charge in [-0.15, -0.1) is 0 Å². The highest BCUT2D eigenvalue weighted by atomic mass is 19.1. The van der Waals surface area contributed by atoms with E-state index in [1.807, 2.05) is 6.07 Å². The van der Waals surface area contributed by atoms with Gasteiger partial charge in [0.15, 0.2) is 11.6 Å². The van der Waals surface area contributed by atoms with E-state index in [-0.39, 0.29) is 31.1 Å². The third kappa shape index (κ3) is 5.05. The summed E-state index contributed by atoms with van der Waals surface area (Å²) in [5.41, 5.74) is 0.563. The number of nitriles is 1. The number of aliphatic carboxylic acids is 1. The van der Waals surface area contributed by atoms with Crippen molar-refractivity contribution in [3.05, 3.63) is 29.6 Å². The lowest BCUT2D eigenvalue weighted by atomic mass is 9.99. The molecule has 1 atom stereocenters. The lowest BCUT2D eigenvalue weighted by Crippen LogP contribution is -2.30. The van der Waals surface area contributed by atoms with Crippen LogP contribution < -0.4 is 4.74 Å². The molecule has 0 fully saturated rings. The molecule has 0 aliphatic rings. The third-order valence-electron chi connectivity index (χ3n) is 2.90. The van der Waals surface area contributed by atoms with Crippen molar-refractivity contribution in [1.29, 1.82) is 5.26 Å². The van der Waals surface area contributed by atoms with Crippen LogP contribution in [0.2, 0.25) is 0 Å². The molecule has 1 rings (SSSR count). The maximum atomic E-state index is 13.6. The Balaban J connectivity index is 2.81. The highest BCUT2D eigenvalue weighted by Crippen LogP contribution is 2.21. The molecule has 6 nitrogen and oxygen atoms in total. The molecular weight excluding hydrogens is 291 g/mol. The van der Waals surface area contributed by atoms with Gasteiger partial charge in [0.1, 0.15) is 5.92 Å². The van der Waals surface area contributed by atoms with E-state index in [9.17, 15) is 14.0 Å². The van der Waals surface area contributed by atoms with E-state index in [4.69, 9.17) is 15.1 Å². The summed E-state index contributed by atoms with van der Waals surface area (Å²) in [7, 11) is 3.11. The zero-order valence-corrected chi connectivity index (χ0v) is 12.4. The van der Waals surface area contributed by atoms with Crippen molar-refractivity contribution in [1.82, 2.24) is 4.90 Å². The number of ether oxygens (including phenoxy) is 1. The average Bonchev–Trinajstić information content (AvgIpc) is 2.46. The summed E-state index contributed by atoms with van der Waals surface area (Å²) in [4.78, 5) is 23.5. The Hall–Kier alpha value is -2.62. The molecule has 0 bridgehead atoms. The number of nitrogens with zero attached hydrogens (tertiary/aromatic N) is 2.